The van der Waals surface area contributed by atoms with E-state index in [-0.39, 0.29) is 19.0 Å². The molecule has 2 rings (SSSR count). The minimum Gasteiger partial charge on any atom is -0.408 e. The van der Waals surface area contributed by atoms with Gasteiger partial charge in [-0.2, -0.15) is 0 Å². The molecule has 0 unspecified atom stereocenters. The van der Waals surface area contributed by atoms with E-state index in [9.17, 15) is 14.7 Å². The van der Waals surface area contributed by atoms with Crippen molar-refractivity contribution in [1.29, 1.82) is 0 Å². The van der Waals surface area contributed by atoms with Crippen LogP contribution in [0.4, 0.5) is 0 Å². The molecule has 6 heteroatoms. The predicted octanol–water partition coefficient (Wildman–Crippen LogP) is 0.824. The smallest absolute Gasteiger partial charge is 0.408 e. The monoisotopic (exact) mass is 278 g/mol. The third-order valence-corrected chi connectivity index (χ3v) is 2.92. The van der Waals surface area contributed by atoms with Gasteiger partial charge in [0.05, 0.1) is 11.1 Å². The molecule has 1 aromatic carbocycles. The summed E-state index contributed by atoms with van der Waals surface area (Å²) in [5, 5.41) is 9.71. The molecule has 0 bridgehead atoms. The van der Waals surface area contributed by atoms with Gasteiger partial charge in [0, 0.05) is 13.6 Å². The highest BCUT2D eigenvalue weighted by atomic mass is 16.4. The number of likely N-dealkylation sites (N-methyl/N-ethyl adjacent to an activating group) is 1. The number of fused-ring (bicyclic) bond motifs is 1. The Balaban J connectivity index is 2.22. The number of carbonyl (C=O) groups excluding carboxylic acids is 1. The number of benzene rings is 1. The van der Waals surface area contributed by atoms with Crippen LogP contribution in [0.15, 0.2) is 33.5 Å². The molecule has 108 valence electrons. The number of amides is 1. The van der Waals surface area contributed by atoms with E-state index >= 15 is 0 Å². The van der Waals surface area contributed by atoms with Crippen LogP contribution in [0.5, 0.6) is 0 Å². The average molecular weight is 278 g/mol. The zero-order chi connectivity index (χ0) is 14.9. The number of hydrogen-bond donors (Lipinski definition) is 1. The average Bonchev–Trinajstić information content (AvgIpc) is 2.64. The number of aliphatic hydroxyl groups is 1. The summed E-state index contributed by atoms with van der Waals surface area (Å²) in [6.45, 7) is 3.32. The lowest BCUT2D eigenvalue weighted by Crippen LogP contribution is -2.41. The second kappa shape index (κ2) is 5.13. The molecule has 0 fully saturated rings. The Labute approximate surface area is 116 Å². The van der Waals surface area contributed by atoms with Crippen molar-refractivity contribution in [3.8, 4) is 0 Å². The largest absolute Gasteiger partial charge is 0.420 e. The second-order valence-corrected chi connectivity index (χ2v) is 5.48. The fraction of sp³-hybridized carbons (Fsp3) is 0.429. The fourth-order valence-corrected chi connectivity index (χ4v) is 2.09. The van der Waals surface area contributed by atoms with Gasteiger partial charge in [0.1, 0.15) is 6.54 Å². The van der Waals surface area contributed by atoms with Crippen LogP contribution in [0.3, 0.4) is 0 Å². The van der Waals surface area contributed by atoms with Crippen molar-refractivity contribution in [3.63, 3.8) is 0 Å². The van der Waals surface area contributed by atoms with Gasteiger partial charge in [0.15, 0.2) is 5.58 Å². The van der Waals surface area contributed by atoms with E-state index in [4.69, 9.17) is 4.42 Å². The normalized spacial score (nSPS) is 11.8. The van der Waals surface area contributed by atoms with E-state index in [1.165, 1.54) is 9.47 Å². The zero-order valence-corrected chi connectivity index (χ0v) is 11.8. The summed E-state index contributed by atoms with van der Waals surface area (Å²) < 4.78 is 6.36. The van der Waals surface area contributed by atoms with Gasteiger partial charge in [0.25, 0.3) is 0 Å². The molecule has 1 aromatic heterocycles. The van der Waals surface area contributed by atoms with Crippen LogP contribution < -0.4 is 5.76 Å². The third-order valence-electron chi connectivity index (χ3n) is 2.92. The number of aromatic nitrogens is 1. The number of carbonyl (C=O) groups is 1. The van der Waals surface area contributed by atoms with E-state index in [2.05, 4.69) is 0 Å². The van der Waals surface area contributed by atoms with Crippen LogP contribution in [0, 0.1) is 0 Å². The highest BCUT2D eigenvalue weighted by molar-refractivity contribution is 5.79. The van der Waals surface area contributed by atoms with Crippen LogP contribution in [0.2, 0.25) is 0 Å². The first-order valence-corrected chi connectivity index (χ1v) is 6.33. The molecule has 1 N–H and O–H groups in total. The lowest BCUT2D eigenvalue weighted by molar-refractivity contribution is -0.133. The minimum absolute atomic E-state index is 0.109. The molecule has 1 amide bonds. The molecule has 0 aliphatic rings. The fourth-order valence-electron chi connectivity index (χ4n) is 2.09. The lowest BCUT2D eigenvalue weighted by Gasteiger charge is -2.25. The third kappa shape index (κ3) is 3.08. The molecular formula is C14H18N2O4. The molecule has 0 saturated heterocycles. The van der Waals surface area contributed by atoms with Crippen molar-refractivity contribution in [2.45, 2.75) is 26.0 Å². The van der Waals surface area contributed by atoms with Gasteiger partial charge in [-0.15, -0.1) is 0 Å². The second-order valence-electron chi connectivity index (χ2n) is 5.48. The van der Waals surface area contributed by atoms with Crippen LogP contribution >= 0.6 is 0 Å². The minimum atomic E-state index is -0.978. The molecular weight excluding hydrogens is 260 g/mol. The topological polar surface area (TPSA) is 75.7 Å². The maximum absolute atomic E-state index is 12.1. The van der Waals surface area contributed by atoms with Crippen molar-refractivity contribution < 1.29 is 14.3 Å². The molecule has 20 heavy (non-hydrogen) atoms. The first-order valence-electron chi connectivity index (χ1n) is 6.33. The summed E-state index contributed by atoms with van der Waals surface area (Å²) in [6.07, 6.45) is 0. The van der Waals surface area contributed by atoms with E-state index in [1.807, 2.05) is 0 Å². The molecule has 0 spiro atoms. The van der Waals surface area contributed by atoms with Gasteiger partial charge in [0.2, 0.25) is 5.91 Å². The van der Waals surface area contributed by atoms with E-state index in [0.29, 0.717) is 11.1 Å². The molecule has 0 radical (unpaired) electrons. The van der Waals surface area contributed by atoms with Gasteiger partial charge < -0.3 is 14.4 Å². The van der Waals surface area contributed by atoms with Crippen LogP contribution in [0.25, 0.3) is 11.1 Å². The summed E-state index contributed by atoms with van der Waals surface area (Å²) in [7, 11) is 1.59. The first-order chi connectivity index (χ1) is 9.28. The van der Waals surface area contributed by atoms with Crippen molar-refractivity contribution in [2.75, 3.05) is 13.6 Å². The maximum atomic E-state index is 12.1. The number of rotatable bonds is 4. The number of para-hydroxylation sites is 2. The standard InChI is InChI=1S/C14H18N2O4/c1-14(2,19)9-15(3)12(17)8-16-10-6-4-5-7-11(10)20-13(16)18/h4-7,19H,8-9H2,1-3H3. The number of hydrogen-bond acceptors (Lipinski definition) is 4. The molecule has 0 atom stereocenters. The predicted molar refractivity (Wildman–Crippen MR) is 74.4 cm³/mol. The quantitative estimate of drug-likeness (QED) is 0.898. The molecule has 1 heterocycles. The Morgan fingerprint density at radius 2 is 2.05 bits per heavy atom. The molecule has 2 aromatic rings. The Bertz CT molecular complexity index is 678. The number of nitrogens with zero attached hydrogens (tertiary/aromatic N) is 2. The molecule has 0 saturated carbocycles. The van der Waals surface area contributed by atoms with Gasteiger partial charge in [-0.3, -0.25) is 9.36 Å². The van der Waals surface area contributed by atoms with Gasteiger partial charge in [-0.1, -0.05) is 12.1 Å². The zero-order valence-electron chi connectivity index (χ0n) is 11.8. The van der Waals surface area contributed by atoms with E-state index < -0.39 is 11.4 Å². The van der Waals surface area contributed by atoms with Gasteiger partial charge in [-0.25, -0.2) is 4.79 Å². The highest BCUT2D eigenvalue weighted by Crippen LogP contribution is 2.12. The van der Waals surface area contributed by atoms with Crippen molar-refractivity contribution in [1.82, 2.24) is 9.47 Å². The molecule has 0 aliphatic heterocycles. The van der Waals surface area contributed by atoms with Crippen LogP contribution in [-0.4, -0.2) is 39.7 Å². The summed E-state index contributed by atoms with van der Waals surface area (Å²) in [6, 6.07) is 6.94. The summed E-state index contributed by atoms with van der Waals surface area (Å²) in [5.74, 6) is -0.822. The highest BCUT2D eigenvalue weighted by Gasteiger charge is 2.21. The van der Waals surface area contributed by atoms with Gasteiger partial charge >= 0.3 is 5.76 Å². The van der Waals surface area contributed by atoms with Crippen molar-refractivity contribution in [2.24, 2.45) is 0 Å². The Morgan fingerprint density at radius 1 is 1.40 bits per heavy atom. The van der Waals surface area contributed by atoms with Crippen LogP contribution in [-0.2, 0) is 11.3 Å². The Morgan fingerprint density at radius 3 is 2.70 bits per heavy atom. The summed E-state index contributed by atoms with van der Waals surface area (Å²) >= 11 is 0. The van der Waals surface area contributed by atoms with Crippen molar-refractivity contribution in [3.05, 3.63) is 34.8 Å². The van der Waals surface area contributed by atoms with Gasteiger partial charge in [-0.05, 0) is 26.0 Å². The number of oxazole rings is 1. The maximum Gasteiger partial charge on any atom is 0.420 e. The SMILES string of the molecule is CN(CC(C)(C)O)C(=O)Cn1c(=O)oc2ccccc21. The summed E-state index contributed by atoms with van der Waals surface area (Å²) in [5.41, 5.74) is 0.0614. The Kier molecular flexibility index (Phi) is 3.67. The molecule has 0 aliphatic carbocycles. The first kappa shape index (κ1) is 14.3. The van der Waals surface area contributed by atoms with Crippen LogP contribution in [0.1, 0.15) is 13.8 Å². The summed E-state index contributed by atoms with van der Waals surface area (Å²) in [4.78, 5) is 25.3. The van der Waals surface area contributed by atoms with Crippen molar-refractivity contribution >= 4 is 17.0 Å². The Hall–Kier alpha value is -2.08. The van der Waals surface area contributed by atoms with E-state index in [0.717, 1.165) is 0 Å². The lowest BCUT2D eigenvalue weighted by atomic mass is 10.1. The van der Waals surface area contributed by atoms with E-state index in [1.54, 1.807) is 45.2 Å². The molecule has 6 nitrogen and oxygen atoms in total.